The van der Waals surface area contributed by atoms with Crippen molar-refractivity contribution in [1.82, 2.24) is 14.2 Å². The molecule has 0 aliphatic heterocycles. The molecule has 0 saturated carbocycles. The number of aryl methyl sites for hydroxylation is 2. The van der Waals surface area contributed by atoms with Gasteiger partial charge in [0.2, 0.25) is 5.88 Å². The number of nitrogens with one attached hydrogen (secondary N) is 1. The molecule has 0 fully saturated rings. The number of nitrogens with zero attached hydrogens (tertiary/aromatic N) is 3. The van der Waals surface area contributed by atoms with Gasteiger partial charge in [0, 0.05) is 24.2 Å². The molecular weight excluding hydrogens is 248 g/mol. The van der Waals surface area contributed by atoms with E-state index in [9.17, 15) is 0 Å². The highest BCUT2D eigenvalue weighted by molar-refractivity contribution is 7.03. The van der Waals surface area contributed by atoms with Gasteiger partial charge in [-0.05, 0) is 24.9 Å². The van der Waals surface area contributed by atoms with Gasteiger partial charge in [-0.2, -0.15) is 9.47 Å². The van der Waals surface area contributed by atoms with Crippen LogP contribution < -0.4 is 10.1 Å². The largest absolute Gasteiger partial charge is 0.480 e. The number of hydrogen-bond donors (Lipinski definition) is 1. The molecule has 18 heavy (non-hydrogen) atoms. The second-order valence-electron chi connectivity index (χ2n) is 4.16. The van der Waals surface area contributed by atoms with E-state index in [1.807, 2.05) is 23.3 Å². The summed E-state index contributed by atoms with van der Waals surface area (Å²) in [6.45, 7) is 4.20. The Bertz CT molecular complexity index is 520. The van der Waals surface area contributed by atoms with Gasteiger partial charge < -0.3 is 10.1 Å². The van der Waals surface area contributed by atoms with Gasteiger partial charge in [0.05, 0.1) is 24.5 Å². The van der Waals surface area contributed by atoms with Crippen LogP contribution in [-0.2, 0) is 13.5 Å². The van der Waals surface area contributed by atoms with Crippen LogP contribution in [0, 0.1) is 0 Å². The molecule has 0 aliphatic rings. The summed E-state index contributed by atoms with van der Waals surface area (Å²) in [6.07, 6.45) is 2.91. The van der Waals surface area contributed by atoms with Gasteiger partial charge in [0.25, 0.3) is 0 Å². The maximum atomic E-state index is 5.24. The SMILES string of the molecule is CCc1nn(C)cc1NC(C)c1csnc1OC. The zero-order valence-electron chi connectivity index (χ0n) is 11.1. The molecule has 2 rings (SSSR count). The number of hydrogen-bond acceptors (Lipinski definition) is 5. The van der Waals surface area contributed by atoms with Gasteiger partial charge in [-0.1, -0.05) is 6.92 Å². The maximum absolute atomic E-state index is 5.24. The first-order valence-corrected chi connectivity index (χ1v) is 6.76. The average molecular weight is 266 g/mol. The minimum absolute atomic E-state index is 0.146. The number of aromatic nitrogens is 3. The van der Waals surface area contributed by atoms with E-state index in [1.54, 1.807) is 7.11 Å². The normalized spacial score (nSPS) is 12.4. The first-order valence-electron chi connectivity index (χ1n) is 5.93. The monoisotopic (exact) mass is 266 g/mol. The van der Waals surface area contributed by atoms with Gasteiger partial charge >= 0.3 is 0 Å². The Balaban J connectivity index is 2.18. The van der Waals surface area contributed by atoms with Crippen LogP contribution in [0.25, 0.3) is 0 Å². The standard InChI is InChI=1S/C12H18N4OS/c1-5-10-11(6-16(3)14-10)13-8(2)9-7-18-15-12(9)17-4/h6-8,13H,5H2,1-4H3. The second kappa shape index (κ2) is 5.39. The predicted octanol–water partition coefficient (Wildman–Crippen LogP) is 2.62. The molecule has 0 aliphatic carbocycles. The smallest absolute Gasteiger partial charge is 0.230 e. The van der Waals surface area contributed by atoms with Crippen LogP contribution in [0.1, 0.15) is 31.1 Å². The molecule has 5 nitrogen and oxygen atoms in total. The third-order valence-corrected chi connectivity index (χ3v) is 3.46. The van der Waals surface area contributed by atoms with Gasteiger partial charge in [-0.15, -0.1) is 0 Å². The van der Waals surface area contributed by atoms with Crippen LogP contribution in [0.5, 0.6) is 5.88 Å². The Kier molecular flexibility index (Phi) is 3.86. The van der Waals surface area contributed by atoms with E-state index in [-0.39, 0.29) is 6.04 Å². The molecular formula is C12H18N4OS. The summed E-state index contributed by atoms with van der Waals surface area (Å²) in [4.78, 5) is 0. The molecule has 1 atom stereocenters. The fraction of sp³-hybridized carbons (Fsp3) is 0.500. The van der Waals surface area contributed by atoms with Crippen molar-refractivity contribution in [2.45, 2.75) is 26.3 Å². The van der Waals surface area contributed by atoms with Gasteiger partial charge in [0.1, 0.15) is 0 Å². The van der Waals surface area contributed by atoms with Crippen molar-refractivity contribution in [2.75, 3.05) is 12.4 Å². The first kappa shape index (κ1) is 12.9. The summed E-state index contributed by atoms with van der Waals surface area (Å²) < 4.78 is 11.3. The van der Waals surface area contributed by atoms with Gasteiger partial charge in [-0.25, -0.2) is 0 Å². The fourth-order valence-corrected chi connectivity index (χ4v) is 2.65. The Morgan fingerprint density at radius 2 is 2.33 bits per heavy atom. The van der Waals surface area contributed by atoms with Crippen molar-refractivity contribution < 1.29 is 4.74 Å². The van der Waals surface area contributed by atoms with E-state index in [0.29, 0.717) is 5.88 Å². The molecule has 0 saturated heterocycles. The van der Waals surface area contributed by atoms with Crippen molar-refractivity contribution in [1.29, 1.82) is 0 Å². The molecule has 0 radical (unpaired) electrons. The Morgan fingerprint density at radius 1 is 1.56 bits per heavy atom. The van der Waals surface area contributed by atoms with Crippen LogP contribution in [0.3, 0.4) is 0 Å². The third-order valence-electron chi connectivity index (χ3n) is 2.83. The topological polar surface area (TPSA) is 52.0 Å². The van der Waals surface area contributed by atoms with E-state index in [2.05, 4.69) is 28.6 Å². The third kappa shape index (κ3) is 2.48. The lowest BCUT2D eigenvalue weighted by Crippen LogP contribution is -2.08. The lowest BCUT2D eigenvalue weighted by Gasteiger charge is -2.14. The Labute approximate surface area is 111 Å². The Morgan fingerprint density at radius 3 is 3.00 bits per heavy atom. The molecule has 6 heteroatoms. The first-order chi connectivity index (χ1) is 8.65. The number of ether oxygens (including phenoxy) is 1. The van der Waals surface area contributed by atoms with E-state index < -0.39 is 0 Å². The van der Waals surface area contributed by atoms with E-state index in [0.717, 1.165) is 23.4 Å². The predicted molar refractivity (Wildman–Crippen MR) is 73.3 cm³/mol. The highest BCUT2D eigenvalue weighted by Crippen LogP contribution is 2.29. The highest BCUT2D eigenvalue weighted by atomic mass is 32.1. The van der Waals surface area contributed by atoms with Crippen molar-refractivity contribution in [3.63, 3.8) is 0 Å². The van der Waals surface area contributed by atoms with Gasteiger partial charge in [0.15, 0.2) is 0 Å². The number of rotatable bonds is 5. The molecule has 2 heterocycles. The summed E-state index contributed by atoms with van der Waals surface area (Å²) in [7, 11) is 3.58. The molecule has 0 bridgehead atoms. The molecule has 2 aromatic rings. The lowest BCUT2D eigenvalue weighted by molar-refractivity contribution is 0.396. The molecule has 1 N–H and O–H groups in total. The molecule has 98 valence electrons. The van der Waals surface area contributed by atoms with Crippen molar-refractivity contribution >= 4 is 17.2 Å². The minimum Gasteiger partial charge on any atom is -0.480 e. The zero-order chi connectivity index (χ0) is 13.1. The van der Waals surface area contributed by atoms with Crippen LogP contribution in [0.2, 0.25) is 0 Å². The second-order valence-corrected chi connectivity index (χ2v) is 4.79. The molecule has 0 aromatic carbocycles. The summed E-state index contributed by atoms with van der Waals surface area (Å²) in [6, 6.07) is 0.146. The molecule has 0 amide bonds. The quantitative estimate of drug-likeness (QED) is 0.904. The van der Waals surface area contributed by atoms with Crippen LogP contribution in [-0.4, -0.2) is 21.3 Å². The van der Waals surface area contributed by atoms with Crippen molar-refractivity contribution in [2.24, 2.45) is 7.05 Å². The van der Waals surface area contributed by atoms with Crippen LogP contribution in [0.4, 0.5) is 5.69 Å². The average Bonchev–Trinajstić information content (AvgIpc) is 2.95. The van der Waals surface area contributed by atoms with Crippen LogP contribution in [0.15, 0.2) is 11.6 Å². The highest BCUT2D eigenvalue weighted by Gasteiger charge is 2.16. The minimum atomic E-state index is 0.146. The molecule has 1 unspecified atom stereocenters. The van der Waals surface area contributed by atoms with Gasteiger partial charge in [-0.3, -0.25) is 4.68 Å². The van der Waals surface area contributed by atoms with E-state index in [4.69, 9.17) is 4.74 Å². The summed E-state index contributed by atoms with van der Waals surface area (Å²) in [5, 5.41) is 9.89. The number of methoxy groups -OCH3 is 1. The van der Waals surface area contributed by atoms with E-state index in [1.165, 1.54) is 11.5 Å². The lowest BCUT2D eigenvalue weighted by atomic mass is 10.1. The summed E-state index contributed by atoms with van der Waals surface area (Å²) in [5.74, 6) is 0.696. The summed E-state index contributed by atoms with van der Waals surface area (Å²) in [5.41, 5.74) is 3.22. The zero-order valence-corrected chi connectivity index (χ0v) is 11.9. The molecule has 2 aromatic heterocycles. The fourth-order valence-electron chi connectivity index (χ4n) is 1.90. The van der Waals surface area contributed by atoms with Crippen molar-refractivity contribution in [3.05, 3.63) is 22.8 Å². The maximum Gasteiger partial charge on any atom is 0.230 e. The Hall–Kier alpha value is -1.56. The number of anilines is 1. The van der Waals surface area contributed by atoms with E-state index >= 15 is 0 Å². The molecule has 0 spiro atoms. The van der Waals surface area contributed by atoms with Crippen LogP contribution >= 0.6 is 11.5 Å². The summed E-state index contributed by atoms with van der Waals surface area (Å²) >= 11 is 1.41. The van der Waals surface area contributed by atoms with Crippen molar-refractivity contribution in [3.8, 4) is 5.88 Å².